The number of aryl methyl sites for hydroxylation is 2. The summed E-state index contributed by atoms with van der Waals surface area (Å²) in [6, 6.07) is 5.38. The van der Waals surface area contributed by atoms with Gasteiger partial charge in [0.25, 0.3) is 5.91 Å². The Bertz CT molecular complexity index is 653. The second-order valence-electron chi connectivity index (χ2n) is 4.59. The average Bonchev–Trinajstić information content (AvgIpc) is 2.90. The molecule has 3 N–H and O–H groups in total. The number of nitrogens with one attached hydrogen (secondary N) is 1. The molecule has 0 bridgehead atoms. The van der Waals surface area contributed by atoms with Crippen molar-refractivity contribution in [3.05, 3.63) is 45.4 Å². The van der Waals surface area contributed by atoms with Crippen LogP contribution in [0.2, 0.25) is 0 Å². The SMILES string of the molecule is CCc1nc(CC)n(Cc2ccc(C(=O)NN)cc2Br)n1. The molecule has 112 valence electrons. The van der Waals surface area contributed by atoms with Crippen molar-refractivity contribution in [2.24, 2.45) is 5.84 Å². The van der Waals surface area contributed by atoms with Gasteiger partial charge in [-0.1, -0.05) is 35.8 Å². The van der Waals surface area contributed by atoms with Crippen LogP contribution in [0.3, 0.4) is 0 Å². The van der Waals surface area contributed by atoms with Crippen molar-refractivity contribution < 1.29 is 4.79 Å². The molecular formula is C14H18BrN5O. The lowest BCUT2D eigenvalue weighted by atomic mass is 10.1. The van der Waals surface area contributed by atoms with Crippen LogP contribution in [0.15, 0.2) is 22.7 Å². The summed E-state index contributed by atoms with van der Waals surface area (Å²) >= 11 is 3.49. The third kappa shape index (κ3) is 3.48. The number of nitrogen functional groups attached to an aromatic ring is 1. The molecule has 1 heterocycles. The molecule has 0 fully saturated rings. The largest absolute Gasteiger partial charge is 0.290 e. The van der Waals surface area contributed by atoms with Gasteiger partial charge in [-0.05, 0) is 17.7 Å². The molecule has 7 heteroatoms. The molecule has 1 aromatic carbocycles. The summed E-state index contributed by atoms with van der Waals surface area (Å²) in [5, 5.41) is 4.50. The molecule has 0 unspecified atom stereocenters. The Morgan fingerprint density at radius 2 is 2.14 bits per heavy atom. The minimum atomic E-state index is -0.314. The summed E-state index contributed by atoms with van der Waals surface area (Å²) in [7, 11) is 0. The third-order valence-corrected chi connectivity index (χ3v) is 3.93. The van der Waals surface area contributed by atoms with E-state index in [2.05, 4.69) is 38.4 Å². The molecule has 2 rings (SSSR count). The minimum Gasteiger partial charge on any atom is -0.290 e. The number of halogens is 1. The molecule has 1 aromatic heterocycles. The predicted molar refractivity (Wildman–Crippen MR) is 83.7 cm³/mol. The number of carbonyl (C=O) groups excluding carboxylic acids is 1. The van der Waals surface area contributed by atoms with Crippen LogP contribution in [0.4, 0.5) is 0 Å². The zero-order valence-corrected chi connectivity index (χ0v) is 13.6. The van der Waals surface area contributed by atoms with Crippen molar-refractivity contribution in [1.29, 1.82) is 0 Å². The van der Waals surface area contributed by atoms with Crippen molar-refractivity contribution in [2.75, 3.05) is 0 Å². The second-order valence-corrected chi connectivity index (χ2v) is 5.44. The fraction of sp³-hybridized carbons (Fsp3) is 0.357. The van der Waals surface area contributed by atoms with E-state index in [0.717, 1.165) is 34.5 Å². The Labute approximate surface area is 131 Å². The number of hydrazine groups is 1. The number of nitrogens with two attached hydrogens (primary N) is 1. The first-order chi connectivity index (χ1) is 10.1. The van der Waals surface area contributed by atoms with Crippen molar-refractivity contribution in [1.82, 2.24) is 20.2 Å². The molecule has 2 aromatic rings. The number of benzene rings is 1. The van der Waals surface area contributed by atoms with Crippen molar-refractivity contribution in [3.63, 3.8) is 0 Å². The fourth-order valence-corrected chi connectivity index (χ4v) is 2.53. The fourth-order valence-electron chi connectivity index (χ4n) is 2.03. The smallest absolute Gasteiger partial charge is 0.265 e. The van der Waals surface area contributed by atoms with Crippen LogP contribution < -0.4 is 11.3 Å². The molecular weight excluding hydrogens is 334 g/mol. The van der Waals surface area contributed by atoms with Gasteiger partial charge in [-0.15, -0.1) is 0 Å². The number of rotatable bonds is 5. The first kappa shape index (κ1) is 15.7. The van der Waals surface area contributed by atoms with E-state index in [0.29, 0.717) is 12.1 Å². The monoisotopic (exact) mass is 351 g/mol. The molecule has 1 amide bonds. The molecule has 0 radical (unpaired) electrons. The molecule has 6 nitrogen and oxygen atoms in total. The summed E-state index contributed by atoms with van der Waals surface area (Å²) in [5.74, 6) is 6.63. The van der Waals surface area contributed by atoms with Gasteiger partial charge < -0.3 is 0 Å². The highest BCUT2D eigenvalue weighted by molar-refractivity contribution is 9.10. The molecule has 0 aliphatic rings. The summed E-state index contributed by atoms with van der Waals surface area (Å²) in [5.41, 5.74) is 3.66. The molecule has 0 aliphatic carbocycles. The Balaban J connectivity index is 2.27. The van der Waals surface area contributed by atoms with E-state index in [1.807, 2.05) is 17.7 Å². The number of carbonyl (C=O) groups is 1. The summed E-state index contributed by atoms with van der Waals surface area (Å²) < 4.78 is 2.75. The quantitative estimate of drug-likeness (QED) is 0.488. The van der Waals surface area contributed by atoms with E-state index in [4.69, 9.17) is 5.84 Å². The van der Waals surface area contributed by atoms with E-state index in [-0.39, 0.29) is 5.91 Å². The van der Waals surface area contributed by atoms with Crippen LogP contribution in [0.1, 0.15) is 41.4 Å². The van der Waals surface area contributed by atoms with E-state index in [1.165, 1.54) is 0 Å². The first-order valence-corrected chi connectivity index (χ1v) is 7.60. The van der Waals surface area contributed by atoms with E-state index in [9.17, 15) is 4.79 Å². The van der Waals surface area contributed by atoms with E-state index < -0.39 is 0 Å². The Morgan fingerprint density at radius 3 is 2.71 bits per heavy atom. The number of hydrogen-bond acceptors (Lipinski definition) is 4. The number of aromatic nitrogens is 3. The highest BCUT2D eigenvalue weighted by Crippen LogP contribution is 2.20. The number of nitrogens with zero attached hydrogens (tertiary/aromatic N) is 3. The molecule has 21 heavy (non-hydrogen) atoms. The summed E-state index contributed by atoms with van der Waals surface area (Å²) in [6.45, 7) is 4.71. The highest BCUT2D eigenvalue weighted by Gasteiger charge is 2.11. The van der Waals surface area contributed by atoms with E-state index in [1.54, 1.807) is 12.1 Å². The normalized spacial score (nSPS) is 10.7. The van der Waals surface area contributed by atoms with Crippen LogP contribution in [-0.2, 0) is 19.4 Å². The number of amides is 1. The Morgan fingerprint density at radius 1 is 1.38 bits per heavy atom. The van der Waals surface area contributed by atoms with Crippen LogP contribution in [0, 0.1) is 0 Å². The lowest BCUT2D eigenvalue weighted by Gasteiger charge is -2.08. The first-order valence-electron chi connectivity index (χ1n) is 6.81. The van der Waals surface area contributed by atoms with Gasteiger partial charge in [0, 0.05) is 22.9 Å². The molecule has 0 saturated heterocycles. The molecule has 0 atom stereocenters. The zero-order valence-electron chi connectivity index (χ0n) is 12.1. The van der Waals surface area contributed by atoms with Gasteiger partial charge >= 0.3 is 0 Å². The van der Waals surface area contributed by atoms with Gasteiger partial charge in [-0.3, -0.25) is 10.2 Å². The lowest BCUT2D eigenvalue weighted by Crippen LogP contribution is -2.30. The van der Waals surface area contributed by atoms with Crippen molar-refractivity contribution >= 4 is 21.8 Å². The van der Waals surface area contributed by atoms with Gasteiger partial charge in [-0.2, -0.15) is 5.10 Å². The highest BCUT2D eigenvalue weighted by atomic mass is 79.9. The third-order valence-electron chi connectivity index (χ3n) is 3.19. The van der Waals surface area contributed by atoms with Crippen molar-refractivity contribution in [2.45, 2.75) is 33.2 Å². The van der Waals surface area contributed by atoms with Gasteiger partial charge in [-0.25, -0.2) is 15.5 Å². The van der Waals surface area contributed by atoms with Gasteiger partial charge in [0.2, 0.25) is 0 Å². The topological polar surface area (TPSA) is 85.8 Å². The number of hydrogen-bond donors (Lipinski definition) is 2. The van der Waals surface area contributed by atoms with E-state index >= 15 is 0 Å². The lowest BCUT2D eigenvalue weighted by molar-refractivity contribution is 0.0953. The predicted octanol–water partition coefficient (Wildman–Crippen LogP) is 1.82. The van der Waals surface area contributed by atoms with Gasteiger partial charge in [0.05, 0.1) is 6.54 Å². The minimum absolute atomic E-state index is 0.314. The molecule has 0 saturated carbocycles. The van der Waals surface area contributed by atoms with Gasteiger partial charge in [0.1, 0.15) is 5.82 Å². The maximum absolute atomic E-state index is 11.5. The second kappa shape index (κ2) is 6.82. The summed E-state index contributed by atoms with van der Waals surface area (Å²) in [4.78, 5) is 16.0. The zero-order chi connectivity index (χ0) is 15.4. The molecule has 0 aliphatic heterocycles. The van der Waals surface area contributed by atoms with Crippen LogP contribution in [0.5, 0.6) is 0 Å². The Hall–Kier alpha value is -1.73. The van der Waals surface area contributed by atoms with Crippen molar-refractivity contribution in [3.8, 4) is 0 Å². The Kier molecular flexibility index (Phi) is 5.08. The maximum atomic E-state index is 11.5. The van der Waals surface area contributed by atoms with Crippen LogP contribution in [0.25, 0.3) is 0 Å². The average molecular weight is 352 g/mol. The maximum Gasteiger partial charge on any atom is 0.265 e. The summed E-state index contributed by atoms with van der Waals surface area (Å²) in [6.07, 6.45) is 1.65. The van der Waals surface area contributed by atoms with Gasteiger partial charge in [0.15, 0.2) is 5.82 Å². The van der Waals surface area contributed by atoms with Crippen LogP contribution in [-0.4, -0.2) is 20.7 Å². The van der Waals surface area contributed by atoms with Crippen LogP contribution >= 0.6 is 15.9 Å². The standard InChI is InChI=1S/C14H18BrN5O/c1-3-12-17-13(4-2)20(19-12)8-10-6-5-9(7-11(10)15)14(21)18-16/h5-7H,3-4,8,16H2,1-2H3,(H,18,21). The molecule has 0 spiro atoms.